The molecule has 0 atom stereocenters. The maximum atomic E-state index is 13.1. The zero-order valence-electron chi connectivity index (χ0n) is 10.2. The molecule has 0 amide bonds. The topological polar surface area (TPSA) is 24.9 Å². The Kier molecular flexibility index (Phi) is 4.59. The maximum Gasteiger partial charge on any atom is 0.127 e. The van der Waals surface area contributed by atoms with E-state index in [9.17, 15) is 4.39 Å². The third-order valence-corrected chi connectivity index (χ3v) is 3.22. The minimum absolute atomic E-state index is 0.222. The fourth-order valence-corrected chi connectivity index (χ4v) is 2.32. The van der Waals surface area contributed by atoms with E-state index in [4.69, 9.17) is 0 Å². The average Bonchev–Trinajstić information content (AvgIpc) is 2.37. The van der Waals surface area contributed by atoms with E-state index in [0.717, 1.165) is 28.7 Å². The van der Waals surface area contributed by atoms with Crippen LogP contribution < -0.4 is 5.32 Å². The molecule has 2 aromatic rings. The van der Waals surface area contributed by atoms with Gasteiger partial charge in [0.1, 0.15) is 16.7 Å². The number of rotatable bonds is 5. The highest BCUT2D eigenvalue weighted by molar-refractivity contribution is 7.99. The highest BCUT2D eigenvalue weighted by atomic mass is 32.2. The third kappa shape index (κ3) is 3.74. The SMILES string of the molecule is CCCNc1cccc(Sc2cccc(F)c2)n1. The molecule has 2 rings (SSSR count). The molecule has 0 aliphatic carbocycles. The van der Waals surface area contributed by atoms with Gasteiger partial charge in [-0.3, -0.25) is 0 Å². The molecule has 1 aromatic heterocycles. The van der Waals surface area contributed by atoms with Crippen LogP contribution in [0.15, 0.2) is 52.4 Å². The first-order valence-corrected chi connectivity index (χ1v) is 6.74. The maximum absolute atomic E-state index is 13.1. The molecule has 1 N–H and O–H groups in total. The van der Waals surface area contributed by atoms with Gasteiger partial charge >= 0.3 is 0 Å². The van der Waals surface area contributed by atoms with E-state index in [1.165, 1.54) is 23.9 Å². The fraction of sp³-hybridized carbons (Fsp3) is 0.214. The van der Waals surface area contributed by atoms with Crippen LogP contribution >= 0.6 is 11.8 Å². The van der Waals surface area contributed by atoms with Gasteiger partial charge < -0.3 is 5.32 Å². The van der Waals surface area contributed by atoms with Crippen molar-refractivity contribution in [3.05, 3.63) is 48.3 Å². The van der Waals surface area contributed by atoms with E-state index in [1.54, 1.807) is 6.07 Å². The van der Waals surface area contributed by atoms with E-state index in [2.05, 4.69) is 17.2 Å². The van der Waals surface area contributed by atoms with Gasteiger partial charge in [0.15, 0.2) is 0 Å². The van der Waals surface area contributed by atoms with E-state index in [-0.39, 0.29) is 5.82 Å². The molecule has 0 unspecified atom stereocenters. The minimum atomic E-state index is -0.222. The van der Waals surface area contributed by atoms with Crippen LogP contribution in [0.4, 0.5) is 10.2 Å². The average molecular weight is 262 g/mol. The molecule has 2 nitrogen and oxygen atoms in total. The molecule has 0 spiro atoms. The van der Waals surface area contributed by atoms with Crippen molar-refractivity contribution in [1.82, 2.24) is 4.98 Å². The monoisotopic (exact) mass is 262 g/mol. The van der Waals surface area contributed by atoms with E-state index >= 15 is 0 Å². The number of hydrogen-bond donors (Lipinski definition) is 1. The summed E-state index contributed by atoms with van der Waals surface area (Å²) in [5.41, 5.74) is 0. The lowest BCUT2D eigenvalue weighted by atomic mass is 10.4. The summed E-state index contributed by atoms with van der Waals surface area (Å²) in [4.78, 5) is 5.32. The number of halogens is 1. The van der Waals surface area contributed by atoms with Gasteiger partial charge in [-0.05, 0) is 36.8 Å². The standard InChI is InChI=1S/C14H15FN2S/c1-2-9-16-13-7-4-8-14(17-13)18-12-6-3-5-11(15)10-12/h3-8,10H,2,9H2,1H3,(H,16,17). The van der Waals surface area contributed by atoms with Crippen molar-refractivity contribution in [3.63, 3.8) is 0 Å². The Bertz CT molecular complexity index is 517. The number of hydrogen-bond acceptors (Lipinski definition) is 3. The molecule has 4 heteroatoms. The Balaban J connectivity index is 2.09. The molecule has 1 aromatic carbocycles. The Labute approximate surface area is 111 Å². The Morgan fingerprint density at radius 1 is 1.22 bits per heavy atom. The van der Waals surface area contributed by atoms with Crippen LogP contribution in [0.25, 0.3) is 0 Å². The number of anilines is 1. The predicted molar refractivity (Wildman–Crippen MR) is 73.5 cm³/mol. The first-order valence-electron chi connectivity index (χ1n) is 5.92. The quantitative estimate of drug-likeness (QED) is 0.874. The molecular formula is C14H15FN2S. The summed E-state index contributed by atoms with van der Waals surface area (Å²) in [6.07, 6.45) is 1.06. The second-order valence-electron chi connectivity index (χ2n) is 3.85. The first-order chi connectivity index (χ1) is 8.78. The van der Waals surface area contributed by atoms with Crippen molar-refractivity contribution in [2.24, 2.45) is 0 Å². The molecule has 0 aliphatic rings. The molecule has 0 bridgehead atoms. The van der Waals surface area contributed by atoms with Crippen LogP contribution in [0.5, 0.6) is 0 Å². The van der Waals surface area contributed by atoms with Gasteiger partial charge in [-0.15, -0.1) is 0 Å². The number of pyridine rings is 1. The Hall–Kier alpha value is -1.55. The van der Waals surface area contributed by atoms with E-state index in [1.807, 2.05) is 24.3 Å². The smallest absolute Gasteiger partial charge is 0.127 e. The summed E-state index contributed by atoms with van der Waals surface area (Å²) in [6.45, 7) is 3.01. The lowest BCUT2D eigenvalue weighted by Gasteiger charge is -2.06. The molecule has 18 heavy (non-hydrogen) atoms. The van der Waals surface area contributed by atoms with Crippen molar-refractivity contribution >= 4 is 17.6 Å². The second-order valence-corrected chi connectivity index (χ2v) is 4.94. The van der Waals surface area contributed by atoms with Crippen LogP contribution in [-0.4, -0.2) is 11.5 Å². The van der Waals surface area contributed by atoms with Gasteiger partial charge in [0.2, 0.25) is 0 Å². The molecule has 0 fully saturated rings. The molecule has 0 radical (unpaired) electrons. The third-order valence-electron chi connectivity index (χ3n) is 2.30. The van der Waals surface area contributed by atoms with Crippen molar-refractivity contribution < 1.29 is 4.39 Å². The second kappa shape index (κ2) is 6.40. The largest absolute Gasteiger partial charge is 0.370 e. The van der Waals surface area contributed by atoms with Gasteiger partial charge in [-0.25, -0.2) is 9.37 Å². The molecule has 0 saturated carbocycles. The summed E-state index contributed by atoms with van der Waals surface area (Å²) >= 11 is 1.46. The number of nitrogens with one attached hydrogen (secondary N) is 1. The van der Waals surface area contributed by atoms with E-state index < -0.39 is 0 Å². The summed E-state index contributed by atoms with van der Waals surface area (Å²) in [7, 11) is 0. The molecule has 0 aliphatic heterocycles. The molecule has 1 heterocycles. The van der Waals surface area contributed by atoms with Crippen LogP contribution in [-0.2, 0) is 0 Å². The van der Waals surface area contributed by atoms with Crippen molar-refractivity contribution in [2.45, 2.75) is 23.3 Å². The van der Waals surface area contributed by atoms with Crippen LogP contribution in [0.1, 0.15) is 13.3 Å². The molecule has 0 saturated heterocycles. The Morgan fingerprint density at radius 3 is 2.83 bits per heavy atom. The summed E-state index contributed by atoms with van der Waals surface area (Å²) in [5.74, 6) is 0.638. The zero-order valence-corrected chi connectivity index (χ0v) is 11.0. The minimum Gasteiger partial charge on any atom is -0.370 e. The van der Waals surface area contributed by atoms with Gasteiger partial charge in [0.25, 0.3) is 0 Å². The lowest BCUT2D eigenvalue weighted by Crippen LogP contribution is -2.01. The van der Waals surface area contributed by atoms with Crippen LogP contribution in [0, 0.1) is 5.82 Å². The number of aromatic nitrogens is 1. The highest BCUT2D eigenvalue weighted by Gasteiger charge is 2.01. The van der Waals surface area contributed by atoms with E-state index in [0.29, 0.717) is 0 Å². The first kappa shape index (κ1) is 12.9. The summed E-state index contributed by atoms with van der Waals surface area (Å²) in [6, 6.07) is 12.3. The van der Waals surface area contributed by atoms with Crippen LogP contribution in [0.3, 0.4) is 0 Å². The molecular weight excluding hydrogens is 247 g/mol. The van der Waals surface area contributed by atoms with Crippen LogP contribution in [0.2, 0.25) is 0 Å². The van der Waals surface area contributed by atoms with Crippen molar-refractivity contribution in [3.8, 4) is 0 Å². The van der Waals surface area contributed by atoms with Gasteiger partial charge in [0, 0.05) is 11.4 Å². The normalized spacial score (nSPS) is 10.3. The van der Waals surface area contributed by atoms with Crippen molar-refractivity contribution in [2.75, 3.05) is 11.9 Å². The fourth-order valence-electron chi connectivity index (χ4n) is 1.47. The lowest BCUT2D eigenvalue weighted by molar-refractivity contribution is 0.624. The predicted octanol–water partition coefficient (Wildman–Crippen LogP) is 4.19. The molecule has 94 valence electrons. The zero-order chi connectivity index (χ0) is 12.8. The van der Waals surface area contributed by atoms with Gasteiger partial charge in [-0.1, -0.05) is 30.8 Å². The Morgan fingerprint density at radius 2 is 2.06 bits per heavy atom. The number of nitrogens with zero attached hydrogens (tertiary/aromatic N) is 1. The van der Waals surface area contributed by atoms with Crippen molar-refractivity contribution in [1.29, 1.82) is 0 Å². The number of benzene rings is 1. The highest BCUT2D eigenvalue weighted by Crippen LogP contribution is 2.27. The summed E-state index contributed by atoms with van der Waals surface area (Å²) < 4.78 is 13.1. The van der Waals surface area contributed by atoms with Gasteiger partial charge in [0.05, 0.1) is 0 Å². The van der Waals surface area contributed by atoms with Gasteiger partial charge in [-0.2, -0.15) is 0 Å². The summed E-state index contributed by atoms with van der Waals surface area (Å²) in [5, 5.41) is 4.10.